The van der Waals surface area contributed by atoms with E-state index in [9.17, 15) is 14.0 Å². The van der Waals surface area contributed by atoms with Crippen molar-refractivity contribution in [1.82, 2.24) is 9.55 Å². The Labute approximate surface area is 131 Å². The maximum atomic E-state index is 13.2. The molecule has 0 saturated heterocycles. The number of rotatable bonds is 6. The highest BCUT2D eigenvalue weighted by atomic mass is 35.5. The van der Waals surface area contributed by atoms with Crippen LogP contribution in [-0.4, -0.2) is 16.2 Å². The molecule has 2 rings (SSSR count). The number of halogens is 2. The summed E-state index contributed by atoms with van der Waals surface area (Å²) >= 11 is 6.11. The van der Waals surface area contributed by atoms with Gasteiger partial charge in [-0.15, -0.1) is 0 Å². The summed E-state index contributed by atoms with van der Waals surface area (Å²) in [6.45, 7) is 2.56. The topological polar surface area (TPSA) is 64.1 Å². The van der Waals surface area contributed by atoms with Gasteiger partial charge >= 0.3 is 5.69 Å². The van der Waals surface area contributed by atoms with Crippen LogP contribution in [0, 0.1) is 5.82 Å². The normalized spacial score (nSPS) is 10.7. The lowest BCUT2D eigenvalue weighted by Crippen LogP contribution is -2.36. The summed E-state index contributed by atoms with van der Waals surface area (Å²) in [5.41, 5.74) is -1.04. The van der Waals surface area contributed by atoms with Crippen molar-refractivity contribution in [1.29, 1.82) is 0 Å². The molecule has 0 aliphatic carbocycles. The van der Waals surface area contributed by atoms with Crippen LogP contribution in [0.5, 0.6) is 5.75 Å². The van der Waals surface area contributed by atoms with Crippen molar-refractivity contribution in [2.75, 3.05) is 6.61 Å². The average Bonchev–Trinajstić information content (AvgIpc) is 2.50. The van der Waals surface area contributed by atoms with Gasteiger partial charge in [0.1, 0.15) is 5.75 Å². The zero-order chi connectivity index (χ0) is 16.1. The van der Waals surface area contributed by atoms with Gasteiger partial charge in [0, 0.05) is 6.20 Å². The quantitative estimate of drug-likeness (QED) is 0.830. The van der Waals surface area contributed by atoms with Gasteiger partial charge in [0.25, 0.3) is 5.56 Å². The van der Waals surface area contributed by atoms with Crippen molar-refractivity contribution < 1.29 is 9.13 Å². The molecule has 5 nitrogen and oxygen atoms in total. The molecular formula is C15H16ClFN2O3. The Hall–Kier alpha value is -2.08. The molecule has 1 aromatic heterocycles. The average molecular weight is 327 g/mol. The molecule has 2 aromatic rings. The molecule has 0 amide bonds. The van der Waals surface area contributed by atoms with Gasteiger partial charge in [-0.3, -0.25) is 9.36 Å². The molecule has 0 fully saturated rings. The molecule has 0 saturated carbocycles. The van der Waals surface area contributed by atoms with Crippen LogP contribution in [0.2, 0.25) is 5.02 Å². The number of hydrogen-bond acceptors (Lipinski definition) is 3. The molecule has 0 atom stereocenters. The first-order valence-corrected chi connectivity index (χ1v) is 7.30. The lowest BCUT2D eigenvalue weighted by atomic mass is 10.2. The van der Waals surface area contributed by atoms with Crippen molar-refractivity contribution in [2.45, 2.75) is 26.3 Å². The highest BCUT2D eigenvalue weighted by Crippen LogP contribution is 2.25. The minimum Gasteiger partial charge on any atom is -0.492 e. The van der Waals surface area contributed by atoms with Gasteiger partial charge in [-0.1, -0.05) is 31.0 Å². The summed E-state index contributed by atoms with van der Waals surface area (Å²) in [5, 5.41) is 0.384. The van der Waals surface area contributed by atoms with Gasteiger partial charge in [0.05, 0.1) is 18.2 Å². The van der Waals surface area contributed by atoms with Crippen LogP contribution >= 0.6 is 11.6 Å². The zero-order valence-electron chi connectivity index (χ0n) is 12.1. The standard InChI is InChI=1S/C15H16ClFN2O3/c1-2-3-6-22-13-5-4-10(7-11(13)16)9-19-14(20)12(17)8-18-15(19)21/h4-5,7-8H,2-3,6,9H2,1H3,(H,18,21). The molecule has 1 aromatic carbocycles. The Morgan fingerprint density at radius 3 is 2.82 bits per heavy atom. The van der Waals surface area contributed by atoms with Crippen LogP contribution in [-0.2, 0) is 6.54 Å². The van der Waals surface area contributed by atoms with E-state index in [-0.39, 0.29) is 6.54 Å². The van der Waals surface area contributed by atoms with Crippen LogP contribution in [0.15, 0.2) is 34.0 Å². The fourth-order valence-electron chi connectivity index (χ4n) is 1.90. The first kappa shape index (κ1) is 16.3. The van der Waals surface area contributed by atoms with E-state index in [1.807, 2.05) is 0 Å². The number of H-pyrrole nitrogens is 1. The lowest BCUT2D eigenvalue weighted by molar-refractivity contribution is 0.309. The van der Waals surface area contributed by atoms with E-state index in [4.69, 9.17) is 16.3 Å². The number of nitrogens with zero attached hydrogens (tertiary/aromatic N) is 1. The molecular weight excluding hydrogens is 311 g/mol. The van der Waals surface area contributed by atoms with Crippen molar-refractivity contribution >= 4 is 11.6 Å². The molecule has 118 valence electrons. The zero-order valence-corrected chi connectivity index (χ0v) is 12.8. The van der Waals surface area contributed by atoms with E-state index in [1.165, 1.54) is 0 Å². The number of unbranched alkanes of at least 4 members (excludes halogenated alkanes) is 1. The van der Waals surface area contributed by atoms with Crippen molar-refractivity contribution in [2.24, 2.45) is 0 Å². The van der Waals surface area contributed by atoms with Gasteiger partial charge < -0.3 is 9.72 Å². The summed E-state index contributed by atoms with van der Waals surface area (Å²) < 4.78 is 19.5. The van der Waals surface area contributed by atoms with Crippen molar-refractivity contribution in [3.05, 3.63) is 61.6 Å². The number of aromatic nitrogens is 2. The number of benzene rings is 1. The predicted molar refractivity (Wildman–Crippen MR) is 82.2 cm³/mol. The van der Waals surface area contributed by atoms with Crippen LogP contribution in [0.4, 0.5) is 4.39 Å². The van der Waals surface area contributed by atoms with Crippen LogP contribution in [0.1, 0.15) is 25.3 Å². The molecule has 0 bridgehead atoms. The first-order chi connectivity index (χ1) is 10.5. The second kappa shape index (κ2) is 7.26. The largest absolute Gasteiger partial charge is 0.492 e. The third-order valence-corrected chi connectivity index (χ3v) is 3.40. The predicted octanol–water partition coefficient (Wildman–Crippen LogP) is 2.56. The first-order valence-electron chi connectivity index (χ1n) is 6.92. The van der Waals surface area contributed by atoms with Crippen molar-refractivity contribution in [3.8, 4) is 5.75 Å². The second-order valence-electron chi connectivity index (χ2n) is 4.80. The molecule has 1 heterocycles. The van der Waals surface area contributed by atoms with E-state index in [1.54, 1.807) is 18.2 Å². The summed E-state index contributed by atoms with van der Waals surface area (Å²) in [4.78, 5) is 25.4. The van der Waals surface area contributed by atoms with Crippen LogP contribution in [0.3, 0.4) is 0 Å². The fourth-order valence-corrected chi connectivity index (χ4v) is 2.16. The summed E-state index contributed by atoms with van der Waals surface area (Å²) in [5.74, 6) is -0.468. The number of aromatic amines is 1. The number of nitrogens with one attached hydrogen (secondary N) is 1. The fraction of sp³-hybridized carbons (Fsp3) is 0.333. The van der Waals surface area contributed by atoms with E-state index in [2.05, 4.69) is 11.9 Å². The van der Waals surface area contributed by atoms with Crippen molar-refractivity contribution in [3.63, 3.8) is 0 Å². The maximum absolute atomic E-state index is 13.2. The van der Waals surface area contributed by atoms with Gasteiger partial charge in [0.2, 0.25) is 5.82 Å². The summed E-state index contributed by atoms with van der Waals surface area (Å²) in [7, 11) is 0. The third-order valence-electron chi connectivity index (χ3n) is 3.11. The summed E-state index contributed by atoms with van der Waals surface area (Å²) in [6, 6.07) is 4.95. The molecule has 0 spiro atoms. The molecule has 0 aliphatic rings. The minimum absolute atomic E-state index is 0.0686. The van der Waals surface area contributed by atoms with Gasteiger partial charge in [-0.05, 0) is 24.1 Å². The lowest BCUT2D eigenvalue weighted by Gasteiger charge is -2.10. The minimum atomic E-state index is -1.01. The van der Waals surface area contributed by atoms with Gasteiger partial charge in [-0.25, -0.2) is 4.79 Å². The Kier molecular flexibility index (Phi) is 5.38. The highest BCUT2D eigenvalue weighted by molar-refractivity contribution is 6.32. The molecule has 0 radical (unpaired) electrons. The molecule has 1 N–H and O–H groups in total. The SMILES string of the molecule is CCCCOc1ccc(Cn2c(=O)[nH]cc(F)c2=O)cc1Cl. The van der Waals surface area contributed by atoms with Gasteiger partial charge in [-0.2, -0.15) is 4.39 Å². The van der Waals surface area contributed by atoms with E-state index in [0.29, 0.717) is 22.9 Å². The van der Waals surface area contributed by atoms with Gasteiger partial charge in [0.15, 0.2) is 0 Å². The summed E-state index contributed by atoms with van der Waals surface area (Å²) in [6.07, 6.45) is 2.69. The van der Waals surface area contributed by atoms with E-state index < -0.39 is 17.1 Å². The Morgan fingerprint density at radius 1 is 1.36 bits per heavy atom. The third kappa shape index (κ3) is 3.76. The second-order valence-corrected chi connectivity index (χ2v) is 5.21. The molecule has 7 heteroatoms. The number of hydrogen-bond donors (Lipinski definition) is 1. The maximum Gasteiger partial charge on any atom is 0.328 e. The Balaban J connectivity index is 2.21. The molecule has 0 aliphatic heterocycles. The van der Waals surface area contributed by atoms with Crippen LogP contribution in [0.25, 0.3) is 0 Å². The molecule has 0 unspecified atom stereocenters. The molecule has 22 heavy (non-hydrogen) atoms. The monoisotopic (exact) mass is 326 g/mol. The number of ether oxygens (including phenoxy) is 1. The highest BCUT2D eigenvalue weighted by Gasteiger charge is 2.09. The smallest absolute Gasteiger partial charge is 0.328 e. The van der Waals surface area contributed by atoms with E-state index in [0.717, 1.165) is 23.6 Å². The van der Waals surface area contributed by atoms with E-state index >= 15 is 0 Å². The Morgan fingerprint density at radius 2 is 2.14 bits per heavy atom. The Bertz CT molecular complexity index is 770. The van der Waals surface area contributed by atoms with Crippen LogP contribution < -0.4 is 16.0 Å².